The molecule has 0 aliphatic heterocycles. The number of rotatable bonds is 10. The van der Waals surface area contributed by atoms with E-state index in [-0.39, 0.29) is 51.6 Å². The Hall–Kier alpha value is -2.42. The summed E-state index contributed by atoms with van der Waals surface area (Å²) in [6, 6.07) is 13.0. The van der Waals surface area contributed by atoms with Crippen LogP contribution >= 0.6 is 23.2 Å². The number of nitrogens with one attached hydrogen (secondary N) is 1. The maximum Gasteiger partial charge on any atom is 1.00 e. The van der Waals surface area contributed by atoms with E-state index in [1.165, 1.54) is 25.0 Å². The van der Waals surface area contributed by atoms with Crippen LogP contribution in [0.5, 0.6) is 0 Å². The number of carboxylic acids is 1. The standard InChI is InChI=1S/C26H24Cl2N4O3.Na/c27-20-5-2-6-21(28)23(20)24(33)31-22(25(34)35)7-1-4-17-10-12-19(13-11-17)32(16-18-8-9-18)26-29-14-3-15-30-26;/h1-6,10-15,18,22H,7-9,16H2,(H,31,33)(H,34,35);/q;+1/p-1/b4-1+;. The van der Waals surface area contributed by atoms with Crippen molar-refractivity contribution >= 4 is 52.8 Å². The molecule has 10 heteroatoms. The minimum absolute atomic E-state index is 0. The molecule has 4 rings (SSSR count). The first-order valence-corrected chi connectivity index (χ1v) is 11.9. The maximum absolute atomic E-state index is 12.5. The molecule has 1 aromatic heterocycles. The fourth-order valence-electron chi connectivity index (χ4n) is 3.56. The molecule has 1 aliphatic rings. The summed E-state index contributed by atoms with van der Waals surface area (Å²) in [5.41, 5.74) is 1.89. The second-order valence-electron chi connectivity index (χ2n) is 8.27. The van der Waals surface area contributed by atoms with E-state index in [2.05, 4.69) is 20.2 Å². The second kappa shape index (κ2) is 13.2. The van der Waals surface area contributed by atoms with Gasteiger partial charge in [-0.3, -0.25) is 4.79 Å². The van der Waals surface area contributed by atoms with E-state index < -0.39 is 17.9 Å². The van der Waals surface area contributed by atoms with Gasteiger partial charge in [0.2, 0.25) is 5.95 Å². The monoisotopic (exact) mass is 532 g/mol. The van der Waals surface area contributed by atoms with Gasteiger partial charge < -0.3 is 20.1 Å². The van der Waals surface area contributed by atoms with Gasteiger partial charge in [-0.05, 0) is 61.1 Å². The molecule has 1 aliphatic carbocycles. The molecule has 0 spiro atoms. The van der Waals surface area contributed by atoms with Gasteiger partial charge in [-0.1, -0.05) is 53.6 Å². The Labute approximate surface area is 241 Å². The fraction of sp³-hybridized carbons (Fsp3) is 0.231. The van der Waals surface area contributed by atoms with Crippen molar-refractivity contribution in [3.05, 3.63) is 88.2 Å². The van der Waals surface area contributed by atoms with Crippen LogP contribution in [0.4, 0.5) is 11.6 Å². The summed E-state index contributed by atoms with van der Waals surface area (Å²) < 4.78 is 0. The van der Waals surface area contributed by atoms with Crippen molar-refractivity contribution < 1.29 is 44.3 Å². The Morgan fingerprint density at radius 3 is 2.28 bits per heavy atom. The molecule has 0 bridgehead atoms. The van der Waals surface area contributed by atoms with Crippen molar-refractivity contribution in [2.45, 2.75) is 25.3 Å². The number of carbonyl (C=O) groups excluding carboxylic acids is 2. The third-order valence-electron chi connectivity index (χ3n) is 5.60. The Bertz CT molecular complexity index is 1200. The van der Waals surface area contributed by atoms with E-state index in [0.29, 0.717) is 11.9 Å². The quantitative estimate of drug-likeness (QED) is 0.395. The summed E-state index contributed by atoms with van der Waals surface area (Å²) in [5.74, 6) is -0.767. The average molecular weight is 533 g/mol. The van der Waals surface area contributed by atoms with E-state index >= 15 is 0 Å². The van der Waals surface area contributed by atoms with Gasteiger partial charge in [0, 0.05) is 24.6 Å². The van der Waals surface area contributed by atoms with Gasteiger partial charge in [-0.15, -0.1) is 0 Å². The van der Waals surface area contributed by atoms with Crippen molar-refractivity contribution in [3.8, 4) is 0 Å². The summed E-state index contributed by atoms with van der Waals surface area (Å²) in [5, 5.41) is 14.3. The van der Waals surface area contributed by atoms with Crippen LogP contribution in [0, 0.1) is 5.92 Å². The molecular formula is C26H23Cl2N4NaO3. The van der Waals surface area contributed by atoms with Crippen LogP contribution in [0.1, 0.15) is 35.2 Å². The molecule has 2 aromatic carbocycles. The van der Waals surface area contributed by atoms with Crippen LogP contribution < -0.4 is 44.9 Å². The second-order valence-corrected chi connectivity index (χ2v) is 9.09. The molecule has 1 unspecified atom stereocenters. The Morgan fingerprint density at radius 2 is 1.69 bits per heavy atom. The van der Waals surface area contributed by atoms with Gasteiger partial charge in [0.05, 0.1) is 27.6 Å². The topological polar surface area (TPSA) is 98.2 Å². The zero-order chi connectivity index (χ0) is 24.8. The van der Waals surface area contributed by atoms with E-state index in [9.17, 15) is 14.7 Å². The van der Waals surface area contributed by atoms with E-state index in [1.807, 2.05) is 24.3 Å². The Kier molecular flexibility index (Phi) is 10.3. The van der Waals surface area contributed by atoms with Crippen molar-refractivity contribution in [2.75, 3.05) is 11.4 Å². The summed E-state index contributed by atoms with van der Waals surface area (Å²) in [7, 11) is 0. The molecule has 1 fully saturated rings. The molecule has 1 amide bonds. The van der Waals surface area contributed by atoms with E-state index in [1.54, 1.807) is 36.7 Å². The number of anilines is 2. The third kappa shape index (κ3) is 7.54. The number of hydrogen-bond donors (Lipinski definition) is 1. The van der Waals surface area contributed by atoms with Crippen molar-refractivity contribution in [1.82, 2.24) is 15.3 Å². The Morgan fingerprint density at radius 1 is 1.06 bits per heavy atom. The van der Waals surface area contributed by atoms with Gasteiger partial charge in [0.25, 0.3) is 5.91 Å². The fourth-order valence-corrected chi connectivity index (χ4v) is 4.13. The molecule has 7 nitrogen and oxygen atoms in total. The van der Waals surface area contributed by atoms with Gasteiger partial charge in [0.15, 0.2) is 0 Å². The molecule has 1 saturated carbocycles. The Balaban J connectivity index is 0.00000361. The van der Waals surface area contributed by atoms with E-state index in [4.69, 9.17) is 23.2 Å². The SMILES string of the molecule is O=C(NC(C/C=C/c1ccc(N(CC2CC2)c2ncccn2)cc1)C(=O)[O-])c1c(Cl)cccc1Cl.[Na+]. The summed E-state index contributed by atoms with van der Waals surface area (Å²) in [4.78, 5) is 35.0. The third-order valence-corrected chi connectivity index (χ3v) is 6.23. The first-order chi connectivity index (χ1) is 16.9. The molecule has 0 saturated heterocycles. The summed E-state index contributed by atoms with van der Waals surface area (Å²) in [6.45, 7) is 0.863. The zero-order valence-electron chi connectivity index (χ0n) is 19.7. The first kappa shape index (κ1) is 28.2. The predicted octanol–water partition coefficient (Wildman–Crippen LogP) is 1.29. The van der Waals surface area contributed by atoms with Crippen molar-refractivity contribution in [1.29, 1.82) is 0 Å². The average Bonchev–Trinajstić information content (AvgIpc) is 3.67. The molecule has 1 N–H and O–H groups in total. The summed E-state index contributed by atoms with van der Waals surface area (Å²) >= 11 is 12.1. The van der Waals surface area contributed by atoms with Crippen molar-refractivity contribution in [2.24, 2.45) is 5.92 Å². The van der Waals surface area contributed by atoms with Crippen LogP contribution in [0.2, 0.25) is 10.0 Å². The number of halogens is 2. The molecule has 180 valence electrons. The number of carbonyl (C=O) groups is 2. The molecule has 3 aromatic rings. The zero-order valence-corrected chi connectivity index (χ0v) is 23.2. The number of benzene rings is 2. The molecule has 1 heterocycles. The smallest absolute Gasteiger partial charge is 0.548 e. The molecule has 36 heavy (non-hydrogen) atoms. The molecular weight excluding hydrogens is 510 g/mol. The van der Waals surface area contributed by atoms with Crippen molar-refractivity contribution in [3.63, 3.8) is 0 Å². The normalized spacial score (nSPS) is 13.6. The minimum Gasteiger partial charge on any atom is -0.548 e. The number of amides is 1. The largest absolute Gasteiger partial charge is 1.00 e. The van der Waals surface area contributed by atoms with Crippen LogP contribution in [0.3, 0.4) is 0 Å². The summed E-state index contributed by atoms with van der Waals surface area (Å²) in [6.07, 6.45) is 9.37. The first-order valence-electron chi connectivity index (χ1n) is 11.2. The van der Waals surface area contributed by atoms with Crippen LogP contribution in [-0.2, 0) is 4.79 Å². The van der Waals surface area contributed by atoms with Crippen LogP contribution in [-0.4, -0.2) is 34.4 Å². The minimum atomic E-state index is -1.40. The molecule has 0 radical (unpaired) electrons. The number of carboxylic acid groups (broad SMARTS) is 1. The number of aromatic nitrogens is 2. The maximum atomic E-state index is 12.5. The van der Waals surface area contributed by atoms with Gasteiger partial charge in [-0.25, -0.2) is 9.97 Å². The predicted molar refractivity (Wildman–Crippen MR) is 135 cm³/mol. The van der Waals surface area contributed by atoms with E-state index in [0.717, 1.165) is 17.8 Å². The van der Waals surface area contributed by atoms with Gasteiger partial charge in [-0.2, -0.15) is 0 Å². The number of hydrogen-bond acceptors (Lipinski definition) is 6. The number of aliphatic carboxylic acids is 1. The van der Waals surface area contributed by atoms with Crippen LogP contribution in [0.25, 0.3) is 6.08 Å². The van der Waals surface area contributed by atoms with Gasteiger partial charge >= 0.3 is 29.6 Å². The molecule has 1 atom stereocenters. The van der Waals surface area contributed by atoms with Gasteiger partial charge in [0.1, 0.15) is 0 Å². The number of nitrogens with zero attached hydrogens (tertiary/aromatic N) is 3. The van der Waals surface area contributed by atoms with Crippen LogP contribution in [0.15, 0.2) is 67.0 Å².